The maximum atomic E-state index is 6.01. The minimum atomic E-state index is 0.150. The average Bonchev–Trinajstić information content (AvgIpc) is 2.63. The molecule has 1 saturated heterocycles. The Kier molecular flexibility index (Phi) is 5.42. The van der Waals surface area contributed by atoms with E-state index in [0.717, 1.165) is 19.1 Å². The van der Waals surface area contributed by atoms with Crippen molar-refractivity contribution in [2.45, 2.75) is 51.6 Å². The maximum Gasteiger partial charge on any atom is 0.0303 e. The molecule has 102 valence electrons. The molecule has 0 spiro atoms. The zero-order valence-corrected chi connectivity index (χ0v) is 12.4. The molecule has 0 radical (unpaired) electrons. The summed E-state index contributed by atoms with van der Waals surface area (Å²) in [5.74, 6) is 0.701. The second kappa shape index (κ2) is 6.17. The summed E-state index contributed by atoms with van der Waals surface area (Å²) >= 11 is 0. The van der Waals surface area contributed by atoms with Crippen molar-refractivity contribution in [1.29, 1.82) is 0 Å². The summed E-state index contributed by atoms with van der Waals surface area (Å²) in [6.45, 7) is 10.0. The summed E-state index contributed by atoms with van der Waals surface area (Å²) in [5.41, 5.74) is 6.16. The Morgan fingerprint density at radius 2 is 2.12 bits per heavy atom. The molecule has 17 heavy (non-hydrogen) atoms. The zero-order valence-electron chi connectivity index (χ0n) is 12.4. The highest BCUT2D eigenvalue weighted by Crippen LogP contribution is 2.24. The Hall–Kier alpha value is -0.120. The minimum Gasteiger partial charge on any atom is -0.329 e. The van der Waals surface area contributed by atoms with Crippen LogP contribution in [-0.4, -0.2) is 55.1 Å². The highest BCUT2D eigenvalue weighted by atomic mass is 15.2. The van der Waals surface area contributed by atoms with E-state index in [4.69, 9.17) is 5.73 Å². The molecule has 2 unspecified atom stereocenters. The van der Waals surface area contributed by atoms with Crippen LogP contribution in [-0.2, 0) is 0 Å². The molecule has 0 saturated carbocycles. The van der Waals surface area contributed by atoms with E-state index in [9.17, 15) is 0 Å². The molecule has 0 bridgehead atoms. The van der Waals surface area contributed by atoms with Gasteiger partial charge in [-0.05, 0) is 52.7 Å². The molecule has 1 rings (SSSR count). The van der Waals surface area contributed by atoms with Crippen LogP contribution in [0.3, 0.4) is 0 Å². The van der Waals surface area contributed by atoms with Crippen LogP contribution in [0.1, 0.15) is 40.0 Å². The first-order valence-corrected chi connectivity index (χ1v) is 7.00. The third kappa shape index (κ3) is 3.94. The lowest BCUT2D eigenvalue weighted by molar-refractivity contribution is 0.0912. The molecule has 1 heterocycles. The van der Waals surface area contributed by atoms with Gasteiger partial charge in [-0.1, -0.05) is 13.8 Å². The van der Waals surface area contributed by atoms with Crippen molar-refractivity contribution >= 4 is 0 Å². The Morgan fingerprint density at radius 3 is 2.53 bits per heavy atom. The molecule has 3 nitrogen and oxygen atoms in total. The lowest BCUT2D eigenvalue weighted by atomic mass is 9.89. The van der Waals surface area contributed by atoms with E-state index in [0.29, 0.717) is 5.92 Å². The predicted molar refractivity (Wildman–Crippen MR) is 75.2 cm³/mol. The first kappa shape index (κ1) is 14.9. The Balaban J connectivity index is 2.56. The fraction of sp³-hybridized carbons (Fsp3) is 1.00. The quantitative estimate of drug-likeness (QED) is 0.769. The fourth-order valence-electron chi connectivity index (χ4n) is 3.02. The van der Waals surface area contributed by atoms with E-state index in [1.54, 1.807) is 0 Å². The van der Waals surface area contributed by atoms with Crippen LogP contribution in [0.15, 0.2) is 0 Å². The van der Waals surface area contributed by atoms with Gasteiger partial charge in [0.2, 0.25) is 0 Å². The third-order valence-electron chi connectivity index (χ3n) is 4.37. The SMILES string of the molecule is CC(C)CC(C)(CN)N(C)CC1CCCN1C. The Bertz CT molecular complexity index is 230. The van der Waals surface area contributed by atoms with Gasteiger partial charge in [-0.2, -0.15) is 0 Å². The second-order valence-corrected chi connectivity index (χ2v) is 6.46. The van der Waals surface area contributed by atoms with Gasteiger partial charge >= 0.3 is 0 Å². The number of hydrogen-bond donors (Lipinski definition) is 1. The van der Waals surface area contributed by atoms with Gasteiger partial charge in [-0.15, -0.1) is 0 Å². The zero-order chi connectivity index (χ0) is 13.1. The lowest BCUT2D eigenvalue weighted by Gasteiger charge is -2.41. The second-order valence-electron chi connectivity index (χ2n) is 6.46. The van der Waals surface area contributed by atoms with Crippen molar-refractivity contribution in [2.75, 3.05) is 33.7 Å². The van der Waals surface area contributed by atoms with Gasteiger partial charge in [0.1, 0.15) is 0 Å². The summed E-state index contributed by atoms with van der Waals surface area (Å²) in [6, 6.07) is 0.720. The summed E-state index contributed by atoms with van der Waals surface area (Å²) in [7, 11) is 4.48. The number of rotatable bonds is 6. The monoisotopic (exact) mass is 241 g/mol. The van der Waals surface area contributed by atoms with Crippen molar-refractivity contribution in [3.05, 3.63) is 0 Å². The summed E-state index contributed by atoms with van der Waals surface area (Å²) in [4.78, 5) is 4.97. The summed E-state index contributed by atoms with van der Waals surface area (Å²) in [6.07, 6.45) is 3.86. The average molecular weight is 241 g/mol. The molecular weight excluding hydrogens is 210 g/mol. The van der Waals surface area contributed by atoms with Crippen molar-refractivity contribution in [3.63, 3.8) is 0 Å². The van der Waals surface area contributed by atoms with Gasteiger partial charge < -0.3 is 10.6 Å². The van der Waals surface area contributed by atoms with Gasteiger partial charge in [0.05, 0.1) is 0 Å². The van der Waals surface area contributed by atoms with Crippen LogP contribution >= 0.6 is 0 Å². The Labute approximate surface area is 107 Å². The van der Waals surface area contributed by atoms with Gasteiger partial charge in [-0.3, -0.25) is 4.90 Å². The van der Waals surface area contributed by atoms with E-state index in [2.05, 4.69) is 44.7 Å². The number of likely N-dealkylation sites (tertiary alicyclic amines) is 1. The lowest BCUT2D eigenvalue weighted by Crippen LogP contribution is -2.53. The Morgan fingerprint density at radius 1 is 1.47 bits per heavy atom. The van der Waals surface area contributed by atoms with Crippen LogP contribution < -0.4 is 5.73 Å². The number of likely N-dealkylation sites (N-methyl/N-ethyl adjacent to an activating group) is 2. The summed E-state index contributed by atoms with van der Waals surface area (Å²) in [5, 5.41) is 0. The van der Waals surface area contributed by atoms with Crippen molar-refractivity contribution in [2.24, 2.45) is 11.7 Å². The molecule has 2 N–H and O–H groups in total. The highest BCUT2D eigenvalue weighted by Gasteiger charge is 2.32. The van der Waals surface area contributed by atoms with E-state index < -0.39 is 0 Å². The van der Waals surface area contributed by atoms with Crippen LogP contribution in [0.25, 0.3) is 0 Å². The van der Waals surface area contributed by atoms with E-state index in [1.165, 1.54) is 25.8 Å². The van der Waals surface area contributed by atoms with E-state index in [1.807, 2.05) is 0 Å². The minimum absolute atomic E-state index is 0.150. The van der Waals surface area contributed by atoms with Gasteiger partial charge in [0.15, 0.2) is 0 Å². The molecule has 1 fully saturated rings. The normalized spacial score (nSPS) is 25.8. The van der Waals surface area contributed by atoms with E-state index >= 15 is 0 Å². The summed E-state index contributed by atoms with van der Waals surface area (Å²) < 4.78 is 0. The molecule has 0 amide bonds. The molecule has 0 aromatic carbocycles. The molecule has 0 aliphatic carbocycles. The molecule has 2 atom stereocenters. The number of hydrogen-bond acceptors (Lipinski definition) is 3. The molecule has 3 heteroatoms. The molecule has 0 aromatic rings. The van der Waals surface area contributed by atoms with Crippen LogP contribution in [0.4, 0.5) is 0 Å². The van der Waals surface area contributed by atoms with Crippen molar-refractivity contribution in [1.82, 2.24) is 9.80 Å². The van der Waals surface area contributed by atoms with Crippen LogP contribution in [0.5, 0.6) is 0 Å². The standard InChI is InChI=1S/C14H31N3/c1-12(2)9-14(3,11-15)17(5)10-13-7-6-8-16(13)4/h12-13H,6-11,15H2,1-5H3. The van der Waals surface area contributed by atoms with Gasteiger partial charge in [0.25, 0.3) is 0 Å². The topological polar surface area (TPSA) is 32.5 Å². The van der Waals surface area contributed by atoms with E-state index in [-0.39, 0.29) is 5.54 Å². The van der Waals surface area contributed by atoms with Crippen LogP contribution in [0, 0.1) is 5.92 Å². The third-order valence-corrected chi connectivity index (χ3v) is 4.37. The van der Waals surface area contributed by atoms with Gasteiger partial charge in [0, 0.05) is 24.7 Å². The highest BCUT2D eigenvalue weighted by molar-refractivity contribution is 4.90. The first-order valence-electron chi connectivity index (χ1n) is 7.00. The first-order chi connectivity index (χ1) is 7.89. The predicted octanol–water partition coefficient (Wildman–Crippen LogP) is 1.78. The molecule has 1 aliphatic rings. The van der Waals surface area contributed by atoms with Crippen molar-refractivity contribution in [3.8, 4) is 0 Å². The van der Waals surface area contributed by atoms with Crippen LogP contribution in [0.2, 0.25) is 0 Å². The molecular formula is C14H31N3. The number of nitrogens with zero attached hydrogens (tertiary/aromatic N) is 2. The largest absolute Gasteiger partial charge is 0.329 e. The maximum absolute atomic E-state index is 6.01. The number of nitrogens with two attached hydrogens (primary N) is 1. The molecule has 0 aromatic heterocycles. The fourth-order valence-corrected chi connectivity index (χ4v) is 3.02. The smallest absolute Gasteiger partial charge is 0.0303 e. The van der Waals surface area contributed by atoms with Gasteiger partial charge in [-0.25, -0.2) is 0 Å². The van der Waals surface area contributed by atoms with Crippen molar-refractivity contribution < 1.29 is 0 Å². The molecule has 1 aliphatic heterocycles.